The van der Waals surface area contributed by atoms with Gasteiger partial charge in [-0.25, -0.2) is 8.42 Å². The van der Waals surface area contributed by atoms with Crippen LogP contribution < -0.4 is 4.31 Å². The van der Waals surface area contributed by atoms with Gasteiger partial charge in [0.15, 0.2) is 0 Å². The lowest BCUT2D eigenvalue weighted by Gasteiger charge is -2.20. The fourth-order valence-electron chi connectivity index (χ4n) is 1.91. The predicted molar refractivity (Wildman–Crippen MR) is 81.3 cm³/mol. The Hall–Kier alpha value is -2.39. The second kappa shape index (κ2) is 6.37. The zero-order valence-electron chi connectivity index (χ0n) is 11.6. The summed E-state index contributed by atoms with van der Waals surface area (Å²) in [6.45, 7) is 0. The summed E-state index contributed by atoms with van der Waals surface area (Å²) in [7, 11) is -2.04. The zero-order chi connectivity index (χ0) is 15.3. The minimum absolute atomic E-state index is 0.0553. The minimum atomic E-state index is -3.50. The molecule has 1 aromatic carbocycles. The van der Waals surface area contributed by atoms with Gasteiger partial charge >= 0.3 is 0 Å². The molecule has 0 fully saturated rings. The third-order valence-electron chi connectivity index (χ3n) is 3.12. The molecule has 0 aliphatic rings. The summed E-state index contributed by atoms with van der Waals surface area (Å²) in [5, 5.41) is 9.06. The molecule has 0 aliphatic heterocycles. The molecular formula is C15H15N3O2S. The van der Waals surface area contributed by atoms with Crippen LogP contribution in [0, 0.1) is 11.3 Å². The fraction of sp³-hybridized carbons (Fsp3) is 0.200. The van der Waals surface area contributed by atoms with E-state index >= 15 is 0 Å². The summed E-state index contributed by atoms with van der Waals surface area (Å²) < 4.78 is 25.9. The van der Waals surface area contributed by atoms with Crippen LogP contribution in [0.3, 0.4) is 0 Å². The Kier molecular flexibility index (Phi) is 4.55. The molecule has 0 saturated heterocycles. The monoisotopic (exact) mass is 301 g/mol. The van der Waals surface area contributed by atoms with Crippen molar-refractivity contribution in [2.24, 2.45) is 0 Å². The second-order valence-corrected chi connectivity index (χ2v) is 6.60. The Morgan fingerprint density at radius 2 is 1.90 bits per heavy atom. The van der Waals surface area contributed by atoms with Gasteiger partial charge < -0.3 is 0 Å². The summed E-state index contributed by atoms with van der Waals surface area (Å²) in [5.41, 5.74) is 1.45. The first-order valence-electron chi connectivity index (χ1n) is 6.40. The van der Waals surface area contributed by atoms with Gasteiger partial charge in [0.1, 0.15) is 6.07 Å². The molecule has 0 unspecified atom stereocenters. The van der Waals surface area contributed by atoms with Crippen molar-refractivity contribution in [1.82, 2.24) is 4.98 Å². The smallest absolute Gasteiger partial charge is 0.235 e. The highest BCUT2D eigenvalue weighted by Gasteiger charge is 2.20. The van der Waals surface area contributed by atoms with Crippen molar-refractivity contribution in [2.75, 3.05) is 17.1 Å². The van der Waals surface area contributed by atoms with E-state index in [-0.39, 0.29) is 5.75 Å². The lowest BCUT2D eigenvalue weighted by atomic mass is 10.2. The first-order valence-corrected chi connectivity index (χ1v) is 8.01. The van der Waals surface area contributed by atoms with Crippen molar-refractivity contribution >= 4 is 15.7 Å². The molecule has 6 heteroatoms. The molecular weight excluding hydrogens is 286 g/mol. The number of hydrogen-bond donors (Lipinski definition) is 0. The van der Waals surface area contributed by atoms with Crippen LogP contribution in [-0.2, 0) is 16.4 Å². The highest BCUT2D eigenvalue weighted by molar-refractivity contribution is 7.92. The average Bonchev–Trinajstić information content (AvgIpc) is 2.53. The summed E-state index contributed by atoms with van der Waals surface area (Å²) in [6, 6.07) is 14.0. The highest BCUT2D eigenvalue weighted by atomic mass is 32.2. The summed E-state index contributed by atoms with van der Waals surface area (Å²) in [4.78, 5) is 4.11. The quantitative estimate of drug-likeness (QED) is 0.846. The number of nitriles is 1. The van der Waals surface area contributed by atoms with Crippen LogP contribution in [0.15, 0.2) is 48.7 Å². The molecule has 0 spiro atoms. The standard InChI is InChI=1S/C15H15N3O2S/c1-18(15-8-3-2-6-13(15)12-16)21(19,20)11-9-14-7-4-5-10-17-14/h2-8,10H,9,11H2,1H3. The Morgan fingerprint density at radius 1 is 1.19 bits per heavy atom. The number of rotatable bonds is 5. The molecule has 2 rings (SSSR count). The maximum absolute atomic E-state index is 12.4. The molecule has 0 N–H and O–H groups in total. The molecule has 0 atom stereocenters. The van der Waals surface area contributed by atoms with Gasteiger partial charge in [-0.15, -0.1) is 0 Å². The normalized spacial score (nSPS) is 10.9. The third kappa shape index (κ3) is 3.58. The van der Waals surface area contributed by atoms with E-state index in [2.05, 4.69) is 4.98 Å². The van der Waals surface area contributed by atoms with E-state index in [9.17, 15) is 8.42 Å². The summed E-state index contributed by atoms with van der Waals surface area (Å²) in [5.74, 6) is -0.0553. The first kappa shape index (κ1) is 15.0. The molecule has 0 bridgehead atoms. The Balaban J connectivity index is 2.18. The van der Waals surface area contributed by atoms with E-state index < -0.39 is 10.0 Å². The SMILES string of the molecule is CN(c1ccccc1C#N)S(=O)(=O)CCc1ccccn1. The van der Waals surface area contributed by atoms with Crippen molar-refractivity contribution < 1.29 is 8.42 Å². The number of aryl methyl sites for hydroxylation is 1. The lowest BCUT2D eigenvalue weighted by molar-refractivity contribution is 0.593. The van der Waals surface area contributed by atoms with E-state index in [1.54, 1.807) is 42.6 Å². The topological polar surface area (TPSA) is 74.1 Å². The number of nitrogens with zero attached hydrogens (tertiary/aromatic N) is 3. The molecule has 0 amide bonds. The van der Waals surface area contributed by atoms with Crippen molar-refractivity contribution in [3.63, 3.8) is 0 Å². The van der Waals surface area contributed by atoms with Gasteiger partial charge in [0.2, 0.25) is 10.0 Å². The van der Waals surface area contributed by atoms with Crippen LogP contribution in [0.2, 0.25) is 0 Å². The highest BCUT2D eigenvalue weighted by Crippen LogP contribution is 2.21. The van der Waals surface area contributed by atoms with Crippen LogP contribution in [0.5, 0.6) is 0 Å². The van der Waals surface area contributed by atoms with E-state index in [0.29, 0.717) is 17.7 Å². The van der Waals surface area contributed by atoms with E-state index in [1.165, 1.54) is 7.05 Å². The third-order valence-corrected chi connectivity index (χ3v) is 4.87. The van der Waals surface area contributed by atoms with Crippen molar-refractivity contribution in [3.8, 4) is 6.07 Å². The van der Waals surface area contributed by atoms with Crippen LogP contribution in [0.25, 0.3) is 0 Å². The Morgan fingerprint density at radius 3 is 2.57 bits per heavy atom. The van der Waals surface area contributed by atoms with Gasteiger partial charge in [0.25, 0.3) is 0 Å². The lowest BCUT2D eigenvalue weighted by Crippen LogP contribution is -2.30. The molecule has 2 aromatic rings. The molecule has 0 radical (unpaired) electrons. The molecule has 1 heterocycles. The van der Waals surface area contributed by atoms with Crippen LogP contribution in [0.4, 0.5) is 5.69 Å². The number of para-hydroxylation sites is 1. The number of hydrogen-bond acceptors (Lipinski definition) is 4. The summed E-state index contributed by atoms with van der Waals surface area (Å²) in [6.07, 6.45) is 1.97. The number of sulfonamides is 1. The Labute approximate surface area is 124 Å². The number of anilines is 1. The van der Waals surface area contributed by atoms with Crippen molar-refractivity contribution in [1.29, 1.82) is 5.26 Å². The number of aromatic nitrogens is 1. The predicted octanol–water partition coefficient (Wildman–Crippen LogP) is 1.96. The maximum Gasteiger partial charge on any atom is 0.235 e. The van der Waals surface area contributed by atoms with Crippen LogP contribution >= 0.6 is 0 Å². The zero-order valence-corrected chi connectivity index (χ0v) is 12.4. The van der Waals surface area contributed by atoms with E-state index in [4.69, 9.17) is 5.26 Å². The molecule has 5 nitrogen and oxygen atoms in total. The molecule has 108 valence electrons. The second-order valence-electron chi connectivity index (χ2n) is 4.48. The number of pyridine rings is 1. The molecule has 0 aliphatic carbocycles. The van der Waals surface area contributed by atoms with Gasteiger partial charge in [-0.2, -0.15) is 5.26 Å². The summed E-state index contributed by atoms with van der Waals surface area (Å²) >= 11 is 0. The van der Waals surface area contributed by atoms with Crippen molar-refractivity contribution in [2.45, 2.75) is 6.42 Å². The first-order chi connectivity index (χ1) is 10.0. The van der Waals surface area contributed by atoms with Crippen LogP contribution in [-0.4, -0.2) is 26.2 Å². The minimum Gasteiger partial charge on any atom is -0.272 e. The average molecular weight is 301 g/mol. The van der Waals surface area contributed by atoms with E-state index in [1.807, 2.05) is 12.1 Å². The van der Waals surface area contributed by atoms with Gasteiger partial charge in [-0.05, 0) is 24.3 Å². The maximum atomic E-state index is 12.4. The molecule has 0 saturated carbocycles. The van der Waals surface area contributed by atoms with E-state index in [0.717, 1.165) is 10.00 Å². The van der Waals surface area contributed by atoms with Gasteiger partial charge in [0.05, 0.1) is 17.0 Å². The molecule has 1 aromatic heterocycles. The largest absolute Gasteiger partial charge is 0.272 e. The molecule has 21 heavy (non-hydrogen) atoms. The van der Waals surface area contributed by atoms with Crippen molar-refractivity contribution in [3.05, 3.63) is 59.9 Å². The van der Waals surface area contributed by atoms with Gasteiger partial charge in [0, 0.05) is 25.4 Å². The van der Waals surface area contributed by atoms with Crippen LogP contribution in [0.1, 0.15) is 11.3 Å². The fourth-order valence-corrected chi connectivity index (χ4v) is 3.11. The van der Waals surface area contributed by atoms with Gasteiger partial charge in [-0.3, -0.25) is 9.29 Å². The Bertz CT molecular complexity index is 752. The van der Waals surface area contributed by atoms with Gasteiger partial charge in [-0.1, -0.05) is 18.2 Å². The number of benzene rings is 1.